The second kappa shape index (κ2) is 6.48. The van der Waals surface area contributed by atoms with E-state index in [0.717, 1.165) is 5.56 Å². The number of nitrogens with two attached hydrogens (primary N) is 1. The standard InChI is InChI=1S/C13H16N2O2/c1-2-6-11(13(14)17)15-12(16)9-10-7-4-3-5-8-10/h2-5,7-8,11H,1,6,9H2,(H2,14,17)(H,15,16)/t11-/m1/s1. The van der Waals surface area contributed by atoms with Crippen molar-refractivity contribution in [1.29, 1.82) is 0 Å². The Hall–Kier alpha value is -2.10. The number of carbonyl (C=O) groups is 2. The highest BCUT2D eigenvalue weighted by molar-refractivity contribution is 5.87. The minimum Gasteiger partial charge on any atom is -0.368 e. The van der Waals surface area contributed by atoms with Crippen LogP contribution in [0.15, 0.2) is 43.0 Å². The quantitative estimate of drug-likeness (QED) is 0.711. The van der Waals surface area contributed by atoms with Crippen LogP contribution in [-0.4, -0.2) is 17.9 Å². The molecular weight excluding hydrogens is 216 g/mol. The maximum atomic E-state index is 11.6. The summed E-state index contributed by atoms with van der Waals surface area (Å²) in [5.41, 5.74) is 6.06. The number of rotatable bonds is 6. The van der Waals surface area contributed by atoms with E-state index < -0.39 is 11.9 Å². The first-order valence-corrected chi connectivity index (χ1v) is 5.37. The van der Waals surface area contributed by atoms with Gasteiger partial charge in [0.15, 0.2) is 0 Å². The fourth-order valence-corrected chi connectivity index (χ4v) is 1.44. The summed E-state index contributed by atoms with van der Waals surface area (Å²) in [7, 11) is 0. The second-order valence-electron chi connectivity index (χ2n) is 3.71. The summed E-state index contributed by atoms with van der Waals surface area (Å²) in [6, 6.07) is 8.63. The number of primary amides is 1. The molecule has 1 rings (SSSR count). The predicted molar refractivity (Wildman–Crippen MR) is 66.1 cm³/mol. The number of benzene rings is 1. The van der Waals surface area contributed by atoms with Crippen molar-refractivity contribution in [3.8, 4) is 0 Å². The lowest BCUT2D eigenvalue weighted by Crippen LogP contribution is -2.44. The molecular formula is C13H16N2O2. The van der Waals surface area contributed by atoms with Gasteiger partial charge in [-0.1, -0.05) is 36.4 Å². The summed E-state index contributed by atoms with van der Waals surface area (Å²) in [6.07, 6.45) is 2.13. The topological polar surface area (TPSA) is 72.2 Å². The van der Waals surface area contributed by atoms with E-state index >= 15 is 0 Å². The highest BCUT2D eigenvalue weighted by atomic mass is 16.2. The molecule has 4 nitrogen and oxygen atoms in total. The average molecular weight is 232 g/mol. The molecule has 0 aliphatic carbocycles. The van der Waals surface area contributed by atoms with Crippen LogP contribution in [-0.2, 0) is 16.0 Å². The van der Waals surface area contributed by atoms with Gasteiger partial charge in [-0.2, -0.15) is 0 Å². The van der Waals surface area contributed by atoms with Gasteiger partial charge in [0.2, 0.25) is 11.8 Å². The monoisotopic (exact) mass is 232 g/mol. The van der Waals surface area contributed by atoms with Gasteiger partial charge in [0.05, 0.1) is 6.42 Å². The molecule has 0 spiro atoms. The summed E-state index contributed by atoms with van der Waals surface area (Å²) in [6.45, 7) is 3.52. The zero-order valence-corrected chi connectivity index (χ0v) is 9.56. The fourth-order valence-electron chi connectivity index (χ4n) is 1.44. The molecule has 3 N–H and O–H groups in total. The maximum Gasteiger partial charge on any atom is 0.240 e. The van der Waals surface area contributed by atoms with Gasteiger partial charge >= 0.3 is 0 Å². The molecule has 1 aromatic carbocycles. The van der Waals surface area contributed by atoms with Crippen LogP contribution in [0.5, 0.6) is 0 Å². The Bertz CT molecular complexity index is 401. The normalized spacial score (nSPS) is 11.5. The van der Waals surface area contributed by atoms with Crippen LogP contribution in [0.25, 0.3) is 0 Å². The third kappa shape index (κ3) is 4.51. The molecule has 0 aliphatic rings. The number of nitrogens with one attached hydrogen (secondary N) is 1. The Morgan fingerprint density at radius 2 is 2.00 bits per heavy atom. The molecule has 0 aliphatic heterocycles. The molecule has 17 heavy (non-hydrogen) atoms. The molecule has 1 atom stereocenters. The van der Waals surface area contributed by atoms with Gasteiger partial charge in [0.25, 0.3) is 0 Å². The Morgan fingerprint density at radius 3 is 2.53 bits per heavy atom. The molecule has 0 saturated heterocycles. The van der Waals surface area contributed by atoms with Crippen molar-refractivity contribution in [2.75, 3.05) is 0 Å². The molecule has 0 heterocycles. The van der Waals surface area contributed by atoms with Crippen LogP contribution in [0.3, 0.4) is 0 Å². The number of hydrogen-bond acceptors (Lipinski definition) is 2. The van der Waals surface area contributed by atoms with E-state index in [4.69, 9.17) is 5.73 Å². The molecule has 4 heteroatoms. The largest absolute Gasteiger partial charge is 0.368 e. The Balaban J connectivity index is 2.53. The number of hydrogen-bond donors (Lipinski definition) is 2. The molecule has 1 aromatic rings. The van der Waals surface area contributed by atoms with Crippen LogP contribution in [0, 0.1) is 0 Å². The summed E-state index contributed by atoms with van der Waals surface area (Å²) >= 11 is 0. The van der Waals surface area contributed by atoms with Crippen LogP contribution < -0.4 is 11.1 Å². The molecule has 90 valence electrons. The van der Waals surface area contributed by atoms with E-state index in [2.05, 4.69) is 11.9 Å². The zero-order chi connectivity index (χ0) is 12.7. The lowest BCUT2D eigenvalue weighted by Gasteiger charge is -2.13. The van der Waals surface area contributed by atoms with Gasteiger partial charge in [-0.05, 0) is 12.0 Å². The summed E-state index contributed by atoms with van der Waals surface area (Å²) in [4.78, 5) is 22.7. The van der Waals surface area contributed by atoms with Gasteiger partial charge in [0, 0.05) is 0 Å². The van der Waals surface area contributed by atoms with Gasteiger partial charge in [0.1, 0.15) is 6.04 Å². The van der Waals surface area contributed by atoms with Crippen molar-refractivity contribution in [3.63, 3.8) is 0 Å². The van der Waals surface area contributed by atoms with E-state index in [0.29, 0.717) is 6.42 Å². The Labute approximate surface area is 101 Å². The number of amides is 2. The lowest BCUT2D eigenvalue weighted by molar-refractivity contribution is -0.126. The Morgan fingerprint density at radius 1 is 1.35 bits per heavy atom. The lowest BCUT2D eigenvalue weighted by atomic mass is 10.1. The summed E-state index contributed by atoms with van der Waals surface area (Å²) < 4.78 is 0. The molecule has 0 fully saturated rings. The van der Waals surface area contributed by atoms with Crippen molar-refractivity contribution >= 4 is 11.8 Å². The summed E-state index contributed by atoms with van der Waals surface area (Å²) in [5, 5.41) is 2.58. The second-order valence-corrected chi connectivity index (χ2v) is 3.71. The van der Waals surface area contributed by atoms with E-state index in [-0.39, 0.29) is 12.3 Å². The average Bonchev–Trinajstić information content (AvgIpc) is 2.29. The van der Waals surface area contributed by atoms with Crippen molar-refractivity contribution in [2.45, 2.75) is 18.9 Å². The SMILES string of the molecule is C=CC[C@@H](NC(=O)Cc1ccccc1)C(N)=O. The van der Waals surface area contributed by atoms with Gasteiger partial charge in [-0.25, -0.2) is 0 Å². The molecule has 0 aromatic heterocycles. The molecule has 0 unspecified atom stereocenters. The Kier molecular flexibility index (Phi) is 4.94. The third-order valence-corrected chi connectivity index (χ3v) is 2.29. The first-order chi connectivity index (χ1) is 8.13. The van der Waals surface area contributed by atoms with E-state index in [1.807, 2.05) is 30.3 Å². The minimum absolute atomic E-state index is 0.221. The van der Waals surface area contributed by atoms with Crippen LogP contribution in [0.1, 0.15) is 12.0 Å². The smallest absolute Gasteiger partial charge is 0.240 e. The van der Waals surface area contributed by atoms with Crippen molar-refractivity contribution < 1.29 is 9.59 Å². The fraction of sp³-hybridized carbons (Fsp3) is 0.231. The van der Waals surface area contributed by atoms with Crippen LogP contribution in [0.4, 0.5) is 0 Å². The van der Waals surface area contributed by atoms with Crippen LogP contribution in [0.2, 0.25) is 0 Å². The minimum atomic E-state index is -0.677. The van der Waals surface area contributed by atoms with Crippen LogP contribution >= 0.6 is 0 Å². The predicted octanol–water partition coefficient (Wildman–Crippen LogP) is 0.775. The highest BCUT2D eigenvalue weighted by Crippen LogP contribution is 2.00. The van der Waals surface area contributed by atoms with Gasteiger partial charge in [-0.15, -0.1) is 6.58 Å². The maximum absolute atomic E-state index is 11.6. The number of carbonyl (C=O) groups excluding carboxylic acids is 2. The van der Waals surface area contributed by atoms with E-state index in [1.165, 1.54) is 0 Å². The first kappa shape index (κ1) is 13.0. The van der Waals surface area contributed by atoms with E-state index in [1.54, 1.807) is 6.08 Å². The van der Waals surface area contributed by atoms with Crippen molar-refractivity contribution in [3.05, 3.63) is 48.6 Å². The summed E-state index contributed by atoms with van der Waals surface area (Å²) in [5.74, 6) is -0.770. The highest BCUT2D eigenvalue weighted by Gasteiger charge is 2.16. The van der Waals surface area contributed by atoms with Crippen molar-refractivity contribution in [1.82, 2.24) is 5.32 Å². The zero-order valence-electron chi connectivity index (χ0n) is 9.56. The van der Waals surface area contributed by atoms with Crippen molar-refractivity contribution in [2.24, 2.45) is 5.73 Å². The molecule has 0 radical (unpaired) electrons. The van der Waals surface area contributed by atoms with Gasteiger partial charge < -0.3 is 11.1 Å². The molecule has 2 amide bonds. The third-order valence-electron chi connectivity index (χ3n) is 2.29. The van der Waals surface area contributed by atoms with E-state index in [9.17, 15) is 9.59 Å². The first-order valence-electron chi connectivity index (χ1n) is 5.37. The molecule has 0 saturated carbocycles. The van der Waals surface area contributed by atoms with Gasteiger partial charge in [-0.3, -0.25) is 9.59 Å². The molecule has 0 bridgehead atoms.